The number of hydrogen-bond acceptors (Lipinski definition) is 2. The lowest BCUT2D eigenvalue weighted by atomic mass is 10.0. The Morgan fingerprint density at radius 2 is 1.00 bits per heavy atom. The van der Waals surface area contributed by atoms with Crippen LogP contribution in [0, 0.1) is 0 Å². The number of aromatic nitrogens is 4. The molecule has 0 bridgehead atoms. The third-order valence-electron chi connectivity index (χ3n) is 11.3. The predicted molar refractivity (Wildman–Crippen MR) is 224 cm³/mol. The second-order valence-electron chi connectivity index (χ2n) is 14.2. The van der Waals surface area contributed by atoms with Crippen LogP contribution in [-0.4, -0.2) is 19.1 Å². The molecule has 0 atom stereocenters. The van der Waals surface area contributed by atoms with Crippen molar-refractivity contribution in [3.63, 3.8) is 0 Å². The Kier molecular flexibility index (Phi) is 6.02. The number of pyridine rings is 2. The molecule has 0 saturated carbocycles. The smallest absolute Gasteiger partial charge is 0.138 e. The molecule has 0 spiro atoms. The topological polar surface area (TPSA) is 35.6 Å². The lowest BCUT2D eigenvalue weighted by Gasteiger charge is -2.11. The molecule has 4 heteroatoms. The van der Waals surface area contributed by atoms with Gasteiger partial charge in [0, 0.05) is 67.1 Å². The summed E-state index contributed by atoms with van der Waals surface area (Å²) in [5.41, 5.74) is 15.1. The summed E-state index contributed by atoms with van der Waals surface area (Å²) < 4.78 is 4.72. The average Bonchev–Trinajstić information content (AvgIpc) is 3.87. The maximum Gasteiger partial charge on any atom is 0.138 e. The van der Waals surface area contributed by atoms with Gasteiger partial charge in [0.15, 0.2) is 0 Å². The molecule has 0 fully saturated rings. The van der Waals surface area contributed by atoms with Crippen molar-refractivity contribution < 1.29 is 0 Å². The average molecular weight is 687 g/mol. The first-order chi connectivity index (χ1) is 26.8. The van der Waals surface area contributed by atoms with Crippen molar-refractivity contribution in [2.75, 3.05) is 0 Å². The van der Waals surface area contributed by atoms with Crippen LogP contribution in [0.3, 0.4) is 0 Å². The van der Waals surface area contributed by atoms with E-state index in [4.69, 9.17) is 4.98 Å². The van der Waals surface area contributed by atoms with E-state index < -0.39 is 0 Å². The van der Waals surface area contributed by atoms with Crippen molar-refractivity contribution in [3.05, 3.63) is 182 Å². The SMILES string of the molecule is c1ccc(-c2cccc(-n3c4ccccc4c4cc(-c5ccc6c(c5)c5ccccc5n6-c5ccc6c(n5)-c5cccc7cncc-6c57)ccc43)c2)cc1. The van der Waals surface area contributed by atoms with Crippen LogP contribution in [0.5, 0.6) is 0 Å². The van der Waals surface area contributed by atoms with E-state index in [-0.39, 0.29) is 0 Å². The van der Waals surface area contributed by atoms with E-state index in [1.54, 1.807) is 0 Å². The standard InChI is InChI=1S/C50H30N4/c1-2-10-31(11-3-1)32-12-8-14-36(26-32)53-44-18-6-4-15-37(44)41-27-33(20-23-46(41)53)34-21-24-47-42(28-34)38-16-5-7-19-45(38)54(47)48-25-22-39-43-30-51-29-35-13-9-17-40(49(35)43)50(39)52-48/h1-30H. The molecule has 11 aromatic rings. The zero-order valence-corrected chi connectivity index (χ0v) is 29.1. The van der Waals surface area contributed by atoms with Gasteiger partial charge in [-0.25, -0.2) is 4.98 Å². The molecule has 250 valence electrons. The fourth-order valence-corrected chi connectivity index (χ4v) is 8.92. The molecular formula is C50H30N4. The molecule has 4 aromatic heterocycles. The van der Waals surface area contributed by atoms with Crippen LogP contribution in [0.4, 0.5) is 0 Å². The maximum absolute atomic E-state index is 5.36. The first-order valence-electron chi connectivity index (χ1n) is 18.4. The third-order valence-corrected chi connectivity index (χ3v) is 11.3. The molecule has 4 heterocycles. The minimum absolute atomic E-state index is 0.913. The van der Waals surface area contributed by atoms with Crippen molar-refractivity contribution >= 4 is 54.4 Å². The normalized spacial score (nSPS) is 12.1. The molecule has 0 unspecified atom stereocenters. The minimum Gasteiger partial charge on any atom is -0.309 e. The number of fused-ring (bicyclic) bond motifs is 9. The first kappa shape index (κ1) is 29.3. The van der Waals surface area contributed by atoms with Crippen LogP contribution in [-0.2, 0) is 0 Å². The van der Waals surface area contributed by atoms with Crippen molar-refractivity contribution in [2.24, 2.45) is 0 Å². The molecule has 0 aliphatic heterocycles. The Bertz CT molecular complexity index is 3330. The summed E-state index contributed by atoms with van der Waals surface area (Å²) in [5, 5.41) is 7.29. The third kappa shape index (κ3) is 4.13. The van der Waals surface area contributed by atoms with Crippen molar-refractivity contribution in [1.29, 1.82) is 0 Å². The summed E-state index contributed by atoms with van der Waals surface area (Å²) in [6.07, 6.45) is 3.92. The molecule has 4 nitrogen and oxygen atoms in total. The van der Waals surface area contributed by atoms with Crippen molar-refractivity contribution in [1.82, 2.24) is 19.1 Å². The summed E-state index contributed by atoms with van der Waals surface area (Å²) in [6, 6.07) is 61.5. The van der Waals surface area contributed by atoms with Gasteiger partial charge in [-0.1, -0.05) is 109 Å². The van der Waals surface area contributed by atoms with Crippen LogP contribution >= 0.6 is 0 Å². The monoisotopic (exact) mass is 686 g/mol. The van der Waals surface area contributed by atoms with Gasteiger partial charge in [-0.05, 0) is 82.9 Å². The summed E-state index contributed by atoms with van der Waals surface area (Å²) in [5.74, 6) is 0.913. The Labute approximate surface area is 310 Å². The van der Waals surface area contributed by atoms with Gasteiger partial charge in [0.05, 0.1) is 27.8 Å². The van der Waals surface area contributed by atoms with E-state index in [0.29, 0.717) is 0 Å². The molecule has 12 rings (SSSR count). The molecule has 1 aliphatic rings. The van der Waals surface area contributed by atoms with Gasteiger partial charge < -0.3 is 4.57 Å². The highest BCUT2D eigenvalue weighted by Crippen LogP contribution is 2.46. The highest BCUT2D eigenvalue weighted by molar-refractivity contribution is 6.15. The number of para-hydroxylation sites is 2. The molecule has 7 aromatic carbocycles. The number of benzene rings is 7. The largest absolute Gasteiger partial charge is 0.309 e. The summed E-state index contributed by atoms with van der Waals surface area (Å²) in [4.78, 5) is 9.89. The molecule has 0 amide bonds. The number of nitrogens with zero attached hydrogens (tertiary/aromatic N) is 4. The van der Waals surface area contributed by atoms with E-state index in [0.717, 1.165) is 44.7 Å². The fourth-order valence-electron chi connectivity index (χ4n) is 8.92. The Hall–Kier alpha value is -7.30. The van der Waals surface area contributed by atoms with Gasteiger partial charge >= 0.3 is 0 Å². The molecule has 0 N–H and O–H groups in total. The van der Waals surface area contributed by atoms with E-state index in [9.17, 15) is 0 Å². The first-order valence-corrected chi connectivity index (χ1v) is 18.4. The second kappa shape index (κ2) is 11.1. The quantitative estimate of drug-likeness (QED) is 0.185. The lowest BCUT2D eigenvalue weighted by molar-refractivity contribution is 1.09. The van der Waals surface area contributed by atoms with E-state index in [1.807, 2.05) is 12.4 Å². The molecular weight excluding hydrogens is 657 g/mol. The zero-order valence-electron chi connectivity index (χ0n) is 29.1. The lowest BCUT2D eigenvalue weighted by Crippen LogP contribution is -1.98. The summed E-state index contributed by atoms with van der Waals surface area (Å²) in [6.45, 7) is 0. The number of rotatable bonds is 4. The van der Waals surface area contributed by atoms with Crippen molar-refractivity contribution in [2.45, 2.75) is 0 Å². The maximum atomic E-state index is 5.36. The Balaban J connectivity index is 1.01. The van der Waals surface area contributed by atoms with Gasteiger partial charge in [0.2, 0.25) is 0 Å². The van der Waals surface area contributed by atoms with Crippen molar-refractivity contribution in [3.8, 4) is 56.1 Å². The molecule has 0 saturated heterocycles. The van der Waals surface area contributed by atoms with Gasteiger partial charge in [-0.15, -0.1) is 0 Å². The number of hydrogen-bond donors (Lipinski definition) is 0. The predicted octanol–water partition coefficient (Wildman–Crippen LogP) is 12.8. The van der Waals surface area contributed by atoms with Crippen LogP contribution in [0.15, 0.2) is 182 Å². The van der Waals surface area contributed by atoms with Crippen LogP contribution in [0.2, 0.25) is 0 Å². The van der Waals surface area contributed by atoms with Crippen LogP contribution < -0.4 is 0 Å². The van der Waals surface area contributed by atoms with E-state index in [1.165, 1.54) is 65.8 Å². The molecule has 54 heavy (non-hydrogen) atoms. The molecule has 0 radical (unpaired) electrons. The highest BCUT2D eigenvalue weighted by Gasteiger charge is 2.24. The minimum atomic E-state index is 0.913. The van der Waals surface area contributed by atoms with Gasteiger partial charge in [0.25, 0.3) is 0 Å². The van der Waals surface area contributed by atoms with E-state index >= 15 is 0 Å². The molecule has 1 aliphatic carbocycles. The highest BCUT2D eigenvalue weighted by atomic mass is 15.1. The Morgan fingerprint density at radius 1 is 0.370 bits per heavy atom. The summed E-state index contributed by atoms with van der Waals surface area (Å²) in [7, 11) is 0. The van der Waals surface area contributed by atoms with Gasteiger partial charge in [-0.2, -0.15) is 0 Å². The summed E-state index contributed by atoms with van der Waals surface area (Å²) >= 11 is 0. The fraction of sp³-hybridized carbons (Fsp3) is 0. The van der Waals surface area contributed by atoms with E-state index in [2.05, 4.69) is 184 Å². The van der Waals surface area contributed by atoms with Crippen LogP contribution in [0.25, 0.3) is 111 Å². The second-order valence-corrected chi connectivity index (χ2v) is 14.2. The van der Waals surface area contributed by atoms with Gasteiger partial charge in [0.1, 0.15) is 5.82 Å². The Morgan fingerprint density at radius 3 is 1.78 bits per heavy atom. The van der Waals surface area contributed by atoms with Crippen LogP contribution in [0.1, 0.15) is 0 Å². The zero-order chi connectivity index (χ0) is 35.3. The van der Waals surface area contributed by atoms with Gasteiger partial charge in [-0.3, -0.25) is 9.55 Å².